The molecule has 3 aliphatic heterocycles. The Kier molecular flexibility index (Phi) is 8.75. The van der Waals surface area contributed by atoms with Crippen LogP contribution in [0.25, 0.3) is 0 Å². The number of aliphatic hydroxyl groups is 10. The Balaban J connectivity index is 1.68. The van der Waals surface area contributed by atoms with E-state index in [1.54, 1.807) is 0 Å². The van der Waals surface area contributed by atoms with Crippen LogP contribution in [0.3, 0.4) is 0 Å². The minimum absolute atomic E-state index is 0.399. The Hall–Kier alpha value is -0.600. The van der Waals surface area contributed by atoms with E-state index >= 15 is 0 Å². The fourth-order valence-corrected chi connectivity index (χ4v) is 3.67. The Morgan fingerprint density at radius 2 is 1.31 bits per heavy atom. The van der Waals surface area contributed by atoms with E-state index in [2.05, 4.69) is 0 Å². The summed E-state index contributed by atoms with van der Waals surface area (Å²) >= 11 is 0. The zero-order valence-corrected chi connectivity index (χ0v) is 16.7. The van der Waals surface area contributed by atoms with Crippen molar-refractivity contribution in [2.75, 3.05) is 19.8 Å². The molecule has 188 valence electrons. The molecule has 0 aromatic carbocycles. The summed E-state index contributed by atoms with van der Waals surface area (Å²) in [5.41, 5.74) is 0. The SMILES string of the molecule is OC[C@H]1O[C@@H](OC[C@H]2O[C@@H](O)[C@H](O)[C@@H](O)[C@@H]2O[C@@H]2OC[C@@H](O)[C@H](O)[C@H]2O)[C@H](O)[C@@H](O)[C@@H]1O. The van der Waals surface area contributed by atoms with Crippen molar-refractivity contribution < 1.29 is 74.7 Å². The molecular formula is C17H30O15. The molecule has 0 aromatic heterocycles. The summed E-state index contributed by atoms with van der Waals surface area (Å²) in [6, 6.07) is 0. The number of ether oxygens (including phenoxy) is 5. The molecule has 0 unspecified atom stereocenters. The van der Waals surface area contributed by atoms with Gasteiger partial charge in [0.2, 0.25) is 0 Å². The zero-order valence-electron chi connectivity index (χ0n) is 16.7. The third-order valence-electron chi connectivity index (χ3n) is 5.68. The van der Waals surface area contributed by atoms with E-state index in [-0.39, 0.29) is 0 Å². The van der Waals surface area contributed by atoms with Gasteiger partial charge in [-0.1, -0.05) is 0 Å². The molecule has 3 rings (SSSR count). The maximum atomic E-state index is 10.4. The van der Waals surface area contributed by atoms with Crippen LogP contribution in [-0.2, 0) is 23.7 Å². The van der Waals surface area contributed by atoms with E-state index < -0.39 is 106 Å². The zero-order chi connectivity index (χ0) is 23.7. The maximum absolute atomic E-state index is 10.4. The molecule has 15 heteroatoms. The van der Waals surface area contributed by atoms with Crippen LogP contribution < -0.4 is 0 Å². The van der Waals surface area contributed by atoms with Gasteiger partial charge in [0, 0.05) is 0 Å². The van der Waals surface area contributed by atoms with Gasteiger partial charge in [0.05, 0.1) is 19.8 Å². The lowest BCUT2D eigenvalue weighted by Crippen LogP contribution is -2.63. The molecule has 3 fully saturated rings. The second-order valence-electron chi connectivity index (χ2n) is 7.93. The molecule has 0 bridgehead atoms. The third-order valence-corrected chi connectivity index (χ3v) is 5.68. The minimum Gasteiger partial charge on any atom is -0.394 e. The smallest absolute Gasteiger partial charge is 0.186 e. The standard InChI is InChI=1S/C17H30O15/c18-1-5-8(21)9(22)13(26)16(31-5)29-3-6-14(10(23)11(24)15(27)30-6)32-17-12(25)7(20)4(19)2-28-17/h4-27H,1-3H2/t4-,5-,6-,7+,8-,9+,10-,11-,12-,13-,14-,15-,16-,17+/m1/s1. The average molecular weight is 474 g/mol. The monoisotopic (exact) mass is 474 g/mol. The summed E-state index contributed by atoms with van der Waals surface area (Å²) in [7, 11) is 0. The lowest BCUT2D eigenvalue weighted by molar-refractivity contribution is -0.354. The lowest BCUT2D eigenvalue weighted by Gasteiger charge is -2.45. The summed E-state index contributed by atoms with van der Waals surface area (Å²) in [5.74, 6) is 0. The highest BCUT2D eigenvalue weighted by atomic mass is 16.7. The first-order chi connectivity index (χ1) is 15.1. The summed E-state index contributed by atoms with van der Waals surface area (Å²) in [6.45, 7) is -1.66. The van der Waals surface area contributed by atoms with Crippen LogP contribution in [0.1, 0.15) is 0 Å². The van der Waals surface area contributed by atoms with Crippen molar-refractivity contribution >= 4 is 0 Å². The Labute approximate surface area is 181 Å². The molecule has 10 N–H and O–H groups in total. The van der Waals surface area contributed by atoms with Crippen LogP contribution >= 0.6 is 0 Å². The van der Waals surface area contributed by atoms with E-state index in [1.165, 1.54) is 0 Å². The number of hydrogen-bond acceptors (Lipinski definition) is 15. The minimum atomic E-state index is -1.86. The number of rotatable bonds is 6. The molecule has 0 aromatic rings. The van der Waals surface area contributed by atoms with Crippen LogP contribution in [0, 0.1) is 0 Å². The highest BCUT2D eigenvalue weighted by molar-refractivity contribution is 4.93. The predicted molar refractivity (Wildman–Crippen MR) is 95.2 cm³/mol. The van der Waals surface area contributed by atoms with E-state index in [0.717, 1.165) is 0 Å². The predicted octanol–water partition coefficient (Wildman–Crippen LogP) is -6.93. The maximum Gasteiger partial charge on any atom is 0.186 e. The van der Waals surface area contributed by atoms with Crippen LogP contribution in [0.2, 0.25) is 0 Å². The van der Waals surface area contributed by atoms with Gasteiger partial charge in [-0.3, -0.25) is 0 Å². The molecular weight excluding hydrogens is 444 g/mol. The molecule has 0 spiro atoms. The van der Waals surface area contributed by atoms with Gasteiger partial charge in [-0.25, -0.2) is 0 Å². The second-order valence-corrected chi connectivity index (χ2v) is 7.93. The van der Waals surface area contributed by atoms with Crippen molar-refractivity contribution in [3.8, 4) is 0 Å². The fourth-order valence-electron chi connectivity index (χ4n) is 3.67. The molecule has 3 heterocycles. The van der Waals surface area contributed by atoms with Crippen LogP contribution in [0.15, 0.2) is 0 Å². The molecule has 15 nitrogen and oxygen atoms in total. The normalized spacial score (nSPS) is 52.7. The largest absolute Gasteiger partial charge is 0.394 e. The Morgan fingerprint density at radius 3 is 1.97 bits per heavy atom. The summed E-state index contributed by atoms with van der Waals surface area (Å²) in [4.78, 5) is 0. The van der Waals surface area contributed by atoms with E-state index in [9.17, 15) is 51.1 Å². The molecule has 32 heavy (non-hydrogen) atoms. The van der Waals surface area contributed by atoms with Crippen molar-refractivity contribution in [2.24, 2.45) is 0 Å². The highest BCUT2D eigenvalue weighted by Gasteiger charge is 2.50. The first-order valence-corrected chi connectivity index (χ1v) is 9.99. The molecule has 0 saturated carbocycles. The molecule has 3 aliphatic rings. The van der Waals surface area contributed by atoms with Crippen LogP contribution in [-0.4, -0.2) is 157 Å². The quantitative estimate of drug-likeness (QED) is 0.172. The van der Waals surface area contributed by atoms with Crippen molar-refractivity contribution in [3.05, 3.63) is 0 Å². The molecule has 3 saturated heterocycles. The van der Waals surface area contributed by atoms with Crippen LogP contribution in [0.5, 0.6) is 0 Å². The van der Waals surface area contributed by atoms with E-state index in [4.69, 9.17) is 23.7 Å². The molecule has 0 amide bonds. The van der Waals surface area contributed by atoms with Gasteiger partial charge in [-0.05, 0) is 0 Å². The summed E-state index contributed by atoms with van der Waals surface area (Å²) in [6.07, 6.45) is -22.4. The summed E-state index contributed by atoms with van der Waals surface area (Å²) in [5, 5.41) is 98.4. The van der Waals surface area contributed by atoms with Crippen molar-refractivity contribution in [1.29, 1.82) is 0 Å². The number of aliphatic hydroxyl groups excluding tert-OH is 10. The Bertz CT molecular complexity index is 594. The second kappa shape index (κ2) is 10.8. The molecule has 14 atom stereocenters. The van der Waals surface area contributed by atoms with Crippen LogP contribution in [0.4, 0.5) is 0 Å². The van der Waals surface area contributed by atoms with Gasteiger partial charge < -0.3 is 74.7 Å². The van der Waals surface area contributed by atoms with E-state index in [1.807, 2.05) is 0 Å². The average Bonchev–Trinajstić information content (AvgIpc) is 2.77. The topological polar surface area (TPSA) is 248 Å². The van der Waals surface area contributed by atoms with Gasteiger partial charge in [-0.2, -0.15) is 0 Å². The van der Waals surface area contributed by atoms with Gasteiger partial charge in [0.15, 0.2) is 18.9 Å². The highest BCUT2D eigenvalue weighted by Crippen LogP contribution is 2.28. The van der Waals surface area contributed by atoms with Gasteiger partial charge in [-0.15, -0.1) is 0 Å². The van der Waals surface area contributed by atoms with Gasteiger partial charge >= 0.3 is 0 Å². The summed E-state index contributed by atoms with van der Waals surface area (Å²) < 4.78 is 26.3. The van der Waals surface area contributed by atoms with Gasteiger partial charge in [0.1, 0.15) is 67.1 Å². The first kappa shape index (κ1) is 26.0. The van der Waals surface area contributed by atoms with Gasteiger partial charge in [0.25, 0.3) is 0 Å². The third kappa shape index (κ3) is 5.22. The van der Waals surface area contributed by atoms with Crippen molar-refractivity contribution in [1.82, 2.24) is 0 Å². The van der Waals surface area contributed by atoms with E-state index in [0.29, 0.717) is 0 Å². The Morgan fingerprint density at radius 1 is 0.656 bits per heavy atom. The molecule has 0 radical (unpaired) electrons. The lowest BCUT2D eigenvalue weighted by atomic mass is 9.98. The molecule has 0 aliphatic carbocycles. The first-order valence-electron chi connectivity index (χ1n) is 9.99. The number of hydrogen-bond donors (Lipinski definition) is 10. The van der Waals surface area contributed by atoms with Crippen molar-refractivity contribution in [3.63, 3.8) is 0 Å². The fraction of sp³-hybridized carbons (Fsp3) is 1.00. The van der Waals surface area contributed by atoms with Crippen molar-refractivity contribution in [2.45, 2.75) is 86.0 Å².